The number of anilines is 1. The van der Waals surface area contributed by atoms with Crippen molar-refractivity contribution in [1.82, 2.24) is 5.32 Å². The van der Waals surface area contributed by atoms with Gasteiger partial charge in [0.2, 0.25) is 11.8 Å². The molecule has 0 saturated heterocycles. The molecule has 0 saturated carbocycles. The predicted molar refractivity (Wildman–Crippen MR) is 98.9 cm³/mol. The number of carbonyl (C=O) groups is 2. The van der Waals surface area contributed by atoms with Crippen molar-refractivity contribution < 1.29 is 14.3 Å². The fourth-order valence-corrected chi connectivity index (χ4v) is 3.58. The molecule has 0 spiro atoms. The van der Waals surface area contributed by atoms with Gasteiger partial charge in [0.05, 0.1) is 17.5 Å². The molecule has 2 amide bonds. The van der Waals surface area contributed by atoms with Gasteiger partial charge in [-0.2, -0.15) is 0 Å². The molecule has 0 aliphatic carbocycles. The zero-order valence-electron chi connectivity index (χ0n) is 13.7. The summed E-state index contributed by atoms with van der Waals surface area (Å²) < 4.78 is 5.57. The van der Waals surface area contributed by atoms with Crippen molar-refractivity contribution >= 4 is 29.3 Å². The van der Waals surface area contributed by atoms with Crippen LogP contribution in [-0.4, -0.2) is 30.2 Å². The number of nitrogens with one attached hydrogen (secondary N) is 2. The molecule has 3 rings (SSSR count). The fraction of sp³-hybridized carbons (Fsp3) is 0.263. The topological polar surface area (TPSA) is 67.4 Å². The second-order valence-electron chi connectivity index (χ2n) is 5.66. The Hall–Kier alpha value is -2.47. The van der Waals surface area contributed by atoms with E-state index in [2.05, 4.69) is 10.6 Å². The number of rotatable bonds is 7. The van der Waals surface area contributed by atoms with Crippen molar-refractivity contribution in [1.29, 1.82) is 0 Å². The summed E-state index contributed by atoms with van der Waals surface area (Å²) in [6.07, 6.45) is 0.887. The van der Waals surface area contributed by atoms with E-state index in [0.717, 1.165) is 16.3 Å². The van der Waals surface area contributed by atoms with E-state index in [1.807, 2.05) is 54.6 Å². The first kappa shape index (κ1) is 17.4. The highest BCUT2D eigenvalue weighted by atomic mass is 32.2. The van der Waals surface area contributed by atoms with Crippen LogP contribution in [0.2, 0.25) is 0 Å². The Morgan fingerprint density at radius 3 is 2.72 bits per heavy atom. The van der Waals surface area contributed by atoms with Gasteiger partial charge in [0.15, 0.2) is 0 Å². The Bertz CT molecular complexity index is 736. The van der Waals surface area contributed by atoms with E-state index in [1.54, 1.807) is 0 Å². The number of hydrogen-bond donors (Lipinski definition) is 2. The Morgan fingerprint density at radius 1 is 1.12 bits per heavy atom. The highest BCUT2D eigenvalue weighted by Gasteiger charge is 2.28. The van der Waals surface area contributed by atoms with E-state index in [4.69, 9.17) is 4.74 Å². The number of hydrogen-bond acceptors (Lipinski definition) is 4. The number of thioether (sulfide) groups is 1. The molecular formula is C19H20N2O3S. The molecule has 2 aromatic rings. The van der Waals surface area contributed by atoms with Gasteiger partial charge in [-0.05, 0) is 30.7 Å². The molecule has 6 heteroatoms. The van der Waals surface area contributed by atoms with Crippen molar-refractivity contribution in [2.24, 2.45) is 0 Å². The van der Waals surface area contributed by atoms with E-state index in [0.29, 0.717) is 19.6 Å². The van der Waals surface area contributed by atoms with Crippen LogP contribution in [0.5, 0.6) is 5.75 Å². The minimum absolute atomic E-state index is 0.119. The number of amides is 2. The van der Waals surface area contributed by atoms with Crippen LogP contribution in [0.15, 0.2) is 59.5 Å². The highest BCUT2D eigenvalue weighted by Crippen LogP contribution is 2.36. The molecule has 0 bridgehead atoms. The van der Waals surface area contributed by atoms with Gasteiger partial charge in [-0.25, -0.2) is 0 Å². The summed E-state index contributed by atoms with van der Waals surface area (Å²) in [6, 6.07) is 17.2. The van der Waals surface area contributed by atoms with Gasteiger partial charge in [-0.1, -0.05) is 30.3 Å². The van der Waals surface area contributed by atoms with Crippen LogP contribution < -0.4 is 15.4 Å². The molecular weight excluding hydrogens is 336 g/mol. The van der Waals surface area contributed by atoms with Crippen LogP contribution in [0.1, 0.15) is 12.8 Å². The maximum absolute atomic E-state index is 12.1. The normalized spacial score (nSPS) is 15.8. The van der Waals surface area contributed by atoms with Crippen LogP contribution >= 0.6 is 11.8 Å². The lowest BCUT2D eigenvalue weighted by Crippen LogP contribution is -2.35. The van der Waals surface area contributed by atoms with Crippen molar-refractivity contribution in [2.75, 3.05) is 18.5 Å². The third-order valence-electron chi connectivity index (χ3n) is 3.73. The molecule has 25 heavy (non-hydrogen) atoms. The van der Waals surface area contributed by atoms with Crippen LogP contribution in [0.4, 0.5) is 5.69 Å². The molecule has 2 aromatic carbocycles. The molecule has 2 N–H and O–H groups in total. The van der Waals surface area contributed by atoms with E-state index in [1.165, 1.54) is 11.8 Å². The summed E-state index contributed by atoms with van der Waals surface area (Å²) in [5.74, 6) is 0.584. The smallest absolute Gasteiger partial charge is 0.238 e. The van der Waals surface area contributed by atoms with Gasteiger partial charge < -0.3 is 15.4 Å². The third kappa shape index (κ3) is 5.00. The zero-order chi connectivity index (χ0) is 17.5. The maximum atomic E-state index is 12.1. The number of fused-ring (bicyclic) bond motifs is 1. The summed E-state index contributed by atoms with van der Waals surface area (Å²) in [5, 5.41) is 5.31. The second-order valence-corrected chi connectivity index (χ2v) is 6.91. The molecule has 1 atom stereocenters. The minimum atomic E-state index is -0.393. The van der Waals surface area contributed by atoms with E-state index in [-0.39, 0.29) is 18.2 Å². The lowest BCUT2D eigenvalue weighted by Gasteiger charge is -2.23. The van der Waals surface area contributed by atoms with Gasteiger partial charge in [0, 0.05) is 17.9 Å². The molecule has 130 valence electrons. The van der Waals surface area contributed by atoms with Crippen LogP contribution in [0.25, 0.3) is 0 Å². The molecule has 0 radical (unpaired) electrons. The maximum Gasteiger partial charge on any atom is 0.238 e. The number of para-hydroxylation sites is 2. The Morgan fingerprint density at radius 2 is 1.88 bits per heavy atom. The van der Waals surface area contributed by atoms with Crippen LogP contribution in [0.3, 0.4) is 0 Å². The van der Waals surface area contributed by atoms with Gasteiger partial charge in [0.1, 0.15) is 5.75 Å². The summed E-state index contributed by atoms with van der Waals surface area (Å²) in [4.78, 5) is 25.1. The minimum Gasteiger partial charge on any atom is -0.494 e. The molecule has 1 aliphatic heterocycles. The van der Waals surface area contributed by atoms with Gasteiger partial charge in [-0.3, -0.25) is 9.59 Å². The van der Waals surface area contributed by atoms with Crippen molar-refractivity contribution in [3.8, 4) is 5.75 Å². The number of benzene rings is 2. The predicted octanol–water partition coefficient (Wildman–Crippen LogP) is 3.07. The quantitative estimate of drug-likeness (QED) is 0.748. The van der Waals surface area contributed by atoms with Gasteiger partial charge >= 0.3 is 0 Å². The first-order valence-electron chi connectivity index (χ1n) is 8.23. The zero-order valence-corrected chi connectivity index (χ0v) is 14.6. The van der Waals surface area contributed by atoms with Crippen molar-refractivity contribution in [3.05, 3.63) is 54.6 Å². The Kier molecular flexibility index (Phi) is 5.95. The average molecular weight is 356 g/mol. The van der Waals surface area contributed by atoms with E-state index in [9.17, 15) is 9.59 Å². The summed E-state index contributed by atoms with van der Waals surface area (Å²) >= 11 is 1.44. The number of carbonyl (C=O) groups excluding carboxylic acids is 2. The molecule has 1 aliphatic rings. The third-order valence-corrected chi connectivity index (χ3v) is 5.01. The van der Waals surface area contributed by atoms with Gasteiger partial charge in [0.25, 0.3) is 0 Å². The van der Waals surface area contributed by atoms with Crippen molar-refractivity contribution in [3.63, 3.8) is 0 Å². The van der Waals surface area contributed by atoms with Crippen LogP contribution in [-0.2, 0) is 9.59 Å². The molecule has 0 aromatic heterocycles. The molecule has 0 fully saturated rings. The van der Waals surface area contributed by atoms with Gasteiger partial charge in [-0.15, -0.1) is 11.8 Å². The molecule has 1 unspecified atom stereocenters. The summed E-state index contributed by atoms with van der Waals surface area (Å²) in [7, 11) is 0. The highest BCUT2D eigenvalue weighted by molar-refractivity contribution is 8.01. The van der Waals surface area contributed by atoms with Crippen molar-refractivity contribution in [2.45, 2.75) is 23.0 Å². The second kappa shape index (κ2) is 8.58. The SMILES string of the molecule is O=C(CC1Sc2ccccc2NC1=O)NCCCOc1ccccc1. The Labute approximate surface area is 151 Å². The largest absolute Gasteiger partial charge is 0.494 e. The molecule has 5 nitrogen and oxygen atoms in total. The first-order valence-corrected chi connectivity index (χ1v) is 9.11. The van der Waals surface area contributed by atoms with Crippen LogP contribution in [0, 0.1) is 0 Å². The summed E-state index contributed by atoms with van der Waals surface area (Å²) in [6.45, 7) is 1.07. The number of ether oxygens (including phenoxy) is 1. The lowest BCUT2D eigenvalue weighted by molar-refractivity contribution is -0.124. The monoisotopic (exact) mass is 356 g/mol. The lowest BCUT2D eigenvalue weighted by atomic mass is 10.2. The first-order chi connectivity index (χ1) is 12.2. The van der Waals surface area contributed by atoms with E-state index < -0.39 is 5.25 Å². The molecule has 1 heterocycles. The van der Waals surface area contributed by atoms with E-state index >= 15 is 0 Å². The summed E-state index contributed by atoms with van der Waals surface area (Å²) in [5.41, 5.74) is 0.812. The Balaban J connectivity index is 1.37. The standard InChI is InChI=1S/C19H20N2O3S/c22-18(20-11-6-12-24-14-7-2-1-3-8-14)13-17-19(23)21-15-9-4-5-10-16(15)25-17/h1-5,7-10,17H,6,11-13H2,(H,20,22)(H,21,23). The average Bonchev–Trinajstić information content (AvgIpc) is 2.63. The fourth-order valence-electron chi connectivity index (χ4n) is 2.47.